The molecule has 1 aromatic heterocycles. The van der Waals surface area contributed by atoms with Crippen LogP contribution in [0.15, 0.2) is 48.5 Å². The van der Waals surface area contributed by atoms with Crippen molar-refractivity contribution in [2.24, 2.45) is 0 Å². The fourth-order valence-electron chi connectivity index (χ4n) is 2.61. The Morgan fingerprint density at radius 3 is 2.57 bits per heavy atom. The van der Waals surface area contributed by atoms with Crippen molar-refractivity contribution in [2.75, 3.05) is 11.9 Å². The number of nitrogens with zero attached hydrogens (tertiary/aromatic N) is 1. The Kier molecular flexibility index (Phi) is 3.57. The summed E-state index contributed by atoms with van der Waals surface area (Å²) in [6, 6.07) is 14.8. The Hall–Kier alpha value is -2.42. The number of benzene rings is 2. The first-order chi connectivity index (χ1) is 10.2. The summed E-state index contributed by atoms with van der Waals surface area (Å²) in [5.74, 6) is -0.240. The van der Waals surface area contributed by atoms with Crippen LogP contribution >= 0.6 is 0 Å². The Balaban J connectivity index is 2.32. The first-order valence-corrected chi connectivity index (χ1v) is 7.10. The van der Waals surface area contributed by atoms with Crippen LogP contribution in [0.25, 0.3) is 22.2 Å². The first-order valence-electron chi connectivity index (χ1n) is 7.10. The molecule has 3 heteroatoms. The van der Waals surface area contributed by atoms with Crippen molar-refractivity contribution < 1.29 is 4.39 Å². The molecule has 0 unspecified atom stereocenters. The van der Waals surface area contributed by atoms with Crippen molar-refractivity contribution in [3.8, 4) is 11.3 Å². The third-order valence-electron chi connectivity index (χ3n) is 3.59. The maximum absolute atomic E-state index is 13.6. The summed E-state index contributed by atoms with van der Waals surface area (Å²) in [5.41, 5.74) is 4.81. The van der Waals surface area contributed by atoms with Crippen LogP contribution in [-0.2, 0) is 0 Å². The van der Waals surface area contributed by atoms with Gasteiger partial charge in [0.25, 0.3) is 0 Å². The maximum atomic E-state index is 13.6. The lowest BCUT2D eigenvalue weighted by Gasteiger charge is -2.15. The van der Waals surface area contributed by atoms with Crippen molar-refractivity contribution in [2.45, 2.75) is 13.8 Å². The third kappa shape index (κ3) is 2.47. The van der Waals surface area contributed by atoms with E-state index in [-0.39, 0.29) is 5.82 Å². The summed E-state index contributed by atoms with van der Waals surface area (Å²) in [6.45, 7) is 4.84. The summed E-state index contributed by atoms with van der Waals surface area (Å²) in [4.78, 5) is 4.72. The maximum Gasteiger partial charge on any atom is 0.124 e. The Labute approximate surface area is 123 Å². The normalized spacial score (nSPS) is 10.8. The molecule has 0 saturated heterocycles. The lowest BCUT2D eigenvalue weighted by molar-refractivity contribution is 0.629. The van der Waals surface area contributed by atoms with Crippen LogP contribution in [0.1, 0.15) is 12.5 Å². The average Bonchev–Trinajstić information content (AvgIpc) is 2.51. The van der Waals surface area contributed by atoms with Gasteiger partial charge < -0.3 is 5.32 Å². The van der Waals surface area contributed by atoms with Gasteiger partial charge in [-0.2, -0.15) is 0 Å². The Morgan fingerprint density at radius 1 is 1.10 bits per heavy atom. The van der Waals surface area contributed by atoms with Crippen LogP contribution < -0.4 is 5.32 Å². The van der Waals surface area contributed by atoms with Gasteiger partial charge in [0.15, 0.2) is 0 Å². The second kappa shape index (κ2) is 5.52. The molecule has 0 spiro atoms. The van der Waals surface area contributed by atoms with Gasteiger partial charge in [-0.3, -0.25) is 0 Å². The molecule has 0 amide bonds. The van der Waals surface area contributed by atoms with Crippen molar-refractivity contribution in [1.82, 2.24) is 4.98 Å². The van der Waals surface area contributed by atoms with Gasteiger partial charge in [-0.1, -0.05) is 30.3 Å². The third-order valence-corrected chi connectivity index (χ3v) is 3.59. The zero-order valence-electron chi connectivity index (χ0n) is 12.2. The van der Waals surface area contributed by atoms with Gasteiger partial charge in [0, 0.05) is 23.2 Å². The minimum atomic E-state index is -0.240. The number of hydrogen-bond donors (Lipinski definition) is 1. The first kappa shape index (κ1) is 13.6. The molecule has 3 rings (SSSR count). The Bertz CT molecular complexity index is 782. The van der Waals surface area contributed by atoms with Gasteiger partial charge in [0.05, 0.1) is 11.2 Å². The zero-order valence-corrected chi connectivity index (χ0v) is 12.2. The monoisotopic (exact) mass is 280 g/mol. The molecule has 0 aliphatic heterocycles. The van der Waals surface area contributed by atoms with E-state index in [2.05, 4.69) is 5.32 Å². The number of halogens is 1. The Morgan fingerprint density at radius 2 is 1.86 bits per heavy atom. The largest absolute Gasteiger partial charge is 0.384 e. The predicted octanol–water partition coefficient (Wildman–Crippen LogP) is 4.78. The molecule has 0 bridgehead atoms. The van der Waals surface area contributed by atoms with Crippen LogP contribution in [-0.4, -0.2) is 11.5 Å². The summed E-state index contributed by atoms with van der Waals surface area (Å²) < 4.78 is 13.6. The number of anilines is 1. The van der Waals surface area contributed by atoms with E-state index >= 15 is 0 Å². The lowest BCUT2D eigenvalue weighted by atomic mass is 10.0. The van der Waals surface area contributed by atoms with Crippen molar-refractivity contribution in [1.29, 1.82) is 0 Å². The molecule has 2 nitrogen and oxygen atoms in total. The average molecular weight is 280 g/mol. The van der Waals surface area contributed by atoms with Gasteiger partial charge in [-0.15, -0.1) is 0 Å². The number of nitrogens with one attached hydrogen (secondary N) is 1. The molecule has 0 aliphatic rings. The van der Waals surface area contributed by atoms with Crippen LogP contribution in [0.4, 0.5) is 10.1 Å². The standard InChI is InChI=1S/C18H17FN2/c1-3-20-18-12(2)17(13-7-5-4-6-8-13)21-16-10-9-14(19)11-15(16)18/h4-11H,3H2,1-2H3,(H,20,21). The summed E-state index contributed by atoms with van der Waals surface area (Å²) in [5, 5.41) is 4.18. The quantitative estimate of drug-likeness (QED) is 0.746. The smallest absolute Gasteiger partial charge is 0.124 e. The van der Waals surface area contributed by atoms with E-state index < -0.39 is 0 Å². The van der Waals surface area contributed by atoms with E-state index in [1.807, 2.05) is 44.2 Å². The molecule has 0 saturated carbocycles. The van der Waals surface area contributed by atoms with Crippen LogP contribution in [0.2, 0.25) is 0 Å². The molecule has 106 valence electrons. The number of aromatic nitrogens is 1. The van der Waals surface area contributed by atoms with Crippen molar-refractivity contribution in [3.05, 3.63) is 59.9 Å². The fourth-order valence-corrected chi connectivity index (χ4v) is 2.61. The van der Waals surface area contributed by atoms with E-state index in [0.29, 0.717) is 0 Å². The summed E-state index contributed by atoms with van der Waals surface area (Å²) >= 11 is 0. The number of fused-ring (bicyclic) bond motifs is 1. The molecular weight excluding hydrogens is 263 g/mol. The molecule has 0 atom stereocenters. The highest BCUT2D eigenvalue weighted by atomic mass is 19.1. The molecule has 2 aromatic carbocycles. The number of pyridine rings is 1. The molecule has 21 heavy (non-hydrogen) atoms. The van der Waals surface area contributed by atoms with Crippen LogP contribution in [0.5, 0.6) is 0 Å². The van der Waals surface area contributed by atoms with Gasteiger partial charge in [-0.25, -0.2) is 9.37 Å². The SMILES string of the molecule is CCNc1c(C)c(-c2ccccc2)nc2ccc(F)cc12. The van der Waals surface area contributed by atoms with Gasteiger partial charge in [0.2, 0.25) is 0 Å². The van der Waals surface area contributed by atoms with Crippen molar-refractivity contribution >= 4 is 16.6 Å². The number of rotatable bonds is 3. The van der Waals surface area contributed by atoms with E-state index in [4.69, 9.17) is 4.98 Å². The lowest BCUT2D eigenvalue weighted by Crippen LogP contribution is -2.03. The van der Waals surface area contributed by atoms with E-state index in [1.165, 1.54) is 6.07 Å². The van der Waals surface area contributed by atoms with E-state index in [0.717, 1.165) is 40.0 Å². The minimum Gasteiger partial charge on any atom is -0.384 e. The molecule has 3 aromatic rings. The molecule has 1 heterocycles. The predicted molar refractivity (Wildman–Crippen MR) is 86.0 cm³/mol. The topological polar surface area (TPSA) is 24.9 Å². The number of hydrogen-bond acceptors (Lipinski definition) is 2. The summed E-state index contributed by atoms with van der Waals surface area (Å²) in [6.07, 6.45) is 0. The highest BCUT2D eigenvalue weighted by Crippen LogP contribution is 2.33. The van der Waals surface area contributed by atoms with Crippen LogP contribution in [0, 0.1) is 12.7 Å². The molecule has 0 fully saturated rings. The zero-order chi connectivity index (χ0) is 14.8. The fraction of sp³-hybridized carbons (Fsp3) is 0.167. The second-order valence-corrected chi connectivity index (χ2v) is 5.02. The van der Waals surface area contributed by atoms with Crippen LogP contribution in [0.3, 0.4) is 0 Å². The second-order valence-electron chi connectivity index (χ2n) is 5.02. The minimum absolute atomic E-state index is 0.240. The van der Waals surface area contributed by atoms with E-state index in [1.54, 1.807) is 12.1 Å². The van der Waals surface area contributed by atoms with Gasteiger partial charge >= 0.3 is 0 Å². The molecule has 0 aliphatic carbocycles. The van der Waals surface area contributed by atoms with Crippen molar-refractivity contribution in [3.63, 3.8) is 0 Å². The molecular formula is C18H17FN2. The van der Waals surface area contributed by atoms with E-state index in [9.17, 15) is 4.39 Å². The van der Waals surface area contributed by atoms with Gasteiger partial charge in [0.1, 0.15) is 5.82 Å². The highest BCUT2D eigenvalue weighted by Gasteiger charge is 2.13. The van der Waals surface area contributed by atoms with Gasteiger partial charge in [-0.05, 0) is 37.6 Å². The molecule has 0 radical (unpaired) electrons. The summed E-state index contributed by atoms with van der Waals surface area (Å²) in [7, 11) is 0. The highest BCUT2D eigenvalue weighted by molar-refractivity contribution is 5.96. The molecule has 1 N–H and O–H groups in total.